The Balaban J connectivity index is 1.86. The second-order valence-electron chi connectivity index (χ2n) is 5.47. The summed E-state index contributed by atoms with van der Waals surface area (Å²) in [6.45, 7) is 0. The minimum absolute atomic E-state index is 0.0157. The standard InChI is InChI=1S/C16H8N4O5S/c17-8-11(15-10-3-1-2-4-14(10)26(23,24)19-15)16-18-12-7-9(20(21)22)5-6-13(12)25-16/h1-7,11H/t11-/m0/s1. The van der Waals surface area contributed by atoms with E-state index in [9.17, 15) is 23.8 Å². The van der Waals surface area contributed by atoms with Crippen molar-refractivity contribution >= 4 is 32.5 Å². The van der Waals surface area contributed by atoms with Crippen LogP contribution in [0.1, 0.15) is 17.4 Å². The molecule has 0 aliphatic carbocycles. The molecule has 0 fully saturated rings. The third-order valence-electron chi connectivity index (χ3n) is 3.91. The normalized spacial score (nSPS) is 15.9. The van der Waals surface area contributed by atoms with E-state index in [1.165, 1.54) is 24.3 Å². The van der Waals surface area contributed by atoms with Crippen LogP contribution in [0.15, 0.2) is 56.2 Å². The highest BCUT2D eigenvalue weighted by molar-refractivity contribution is 7.90. The molecule has 0 N–H and O–H groups in total. The molecule has 0 saturated carbocycles. The van der Waals surface area contributed by atoms with Crippen molar-refractivity contribution < 1.29 is 17.8 Å². The van der Waals surface area contributed by atoms with Gasteiger partial charge in [0.2, 0.25) is 5.89 Å². The molecule has 2 aromatic carbocycles. The van der Waals surface area contributed by atoms with Gasteiger partial charge in [0.1, 0.15) is 5.52 Å². The van der Waals surface area contributed by atoms with Gasteiger partial charge in [-0.05, 0) is 12.1 Å². The summed E-state index contributed by atoms with van der Waals surface area (Å²) in [4.78, 5) is 14.4. The molecule has 9 nitrogen and oxygen atoms in total. The lowest BCUT2D eigenvalue weighted by atomic mass is 9.98. The highest BCUT2D eigenvalue weighted by Crippen LogP contribution is 2.34. The van der Waals surface area contributed by atoms with Gasteiger partial charge in [-0.25, -0.2) is 4.98 Å². The molecule has 128 valence electrons. The average Bonchev–Trinajstić information content (AvgIpc) is 3.14. The number of sulfonamides is 1. The summed E-state index contributed by atoms with van der Waals surface area (Å²) in [5.74, 6) is -1.24. The Labute approximate surface area is 146 Å². The van der Waals surface area contributed by atoms with Crippen molar-refractivity contribution in [3.8, 4) is 6.07 Å². The van der Waals surface area contributed by atoms with Crippen molar-refractivity contribution in [2.24, 2.45) is 4.40 Å². The van der Waals surface area contributed by atoms with Crippen molar-refractivity contribution in [1.29, 1.82) is 5.26 Å². The number of fused-ring (bicyclic) bond motifs is 2. The summed E-state index contributed by atoms with van der Waals surface area (Å²) in [6.07, 6.45) is 0. The van der Waals surface area contributed by atoms with Crippen LogP contribution in [0.2, 0.25) is 0 Å². The van der Waals surface area contributed by atoms with Gasteiger partial charge >= 0.3 is 0 Å². The molecule has 1 aliphatic rings. The minimum Gasteiger partial charge on any atom is -0.439 e. The van der Waals surface area contributed by atoms with Crippen molar-refractivity contribution in [3.05, 3.63) is 64.0 Å². The van der Waals surface area contributed by atoms with E-state index >= 15 is 0 Å². The van der Waals surface area contributed by atoms with Crippen LogP contribution >= 0.6 is 0 Å². The molecule has 1 aliphatic heterocycles. The molecule has 1 atom stereocenters. The number of benzene rings is 2. The number of nitro benzene ring substituents is 1. The smallest absolute Gasteiger partial charge is 0.283 e. The van der Waals surface area contributed by atoms with Gasteiger partial charge in [0.15, 0.2) is 11.5 Å². The van der Waals surface area contributed by atoms with Gasteiger partial charge in [-0.2, -0.15) is 18.1 Å². The Morgan fingerprint density at radius 3 is 2.73 bits per heavy atom. The number of hydrogen-bond acceptors (Lipinski definition) is 7. The quantitative estimate of drug-likeness (QED) is 0.511. The third kappa shape index (κ3) is 2.34. The maximum absolute atomic E-state index is 12.2. The SMILES string of the molecule is N#C[C@@H](C1=NS(=O)(=O)c2ccccc21)c1nc2cc([N+](=O)[O-])ccc2o1. The Morgan fingerprint density at radius 2 is 2.00 bits per heavy atom. The second-order valence-corrected chi connectivity index (χ2v) is 7.04. The fourth-order valence-electron chi connectivity index (χ4n) is 2.74. The van der Waals surface area contributed by atoms with Crippen LogP contribution in [0.4, 0.5) is 5.69 Å². The van der Waals surface area contributed by atoms with Crippen LogP contribution in [-0.4, -0.2) is 24.0 Å². The molecule has 0 radical (unpaired) electrons. The van der Waals surface area contributed by atoms with Crippen molar-refractivity contribution in [3.63, 3.8) is 0 Å². The average molecular weight is 368 g/mol. The number of hydrogen-bond donors (Lipinski definition) is 0. The molecule has 2 heterocycles. The van der Waals surface area contributed by atoms with E-state index in [1.54, 1.807) is 18.2 Å². The molecule has 4 rings (SSSR count). The molecule has 0 spiro atoms. The Morgan fingerprint density at radius 1 is 1.23 bits per heavy atom. The number of nitro groups is 1. The van der Waals surface area contributed by atoms with E-state index < -0.39 is 20.9 Å². The van der Waals surface area contributed by atoms with Gasteiger partial charge in [-0.3, -0.25) is 10.1 Å². The van der Waals surface area contributed by atoms with Gasteiger partial charge in [0, 0.05) is 17.7 Å². The summed E-state index contributed by atoms with van der Waals surface area (Å²) in [5, 5.41) is 20.4. The zero-order chi connectivity index (χ0) is 18.5. The Hall–Kier alpha value is -3.58. The van der Waals surface area contributed by atoms with Crippen molar-refractivity contribution in [1.82, 2.24) is 4.98 Å². The topological polar surface area (TPSA) is 139 Å². The first-order valence-corrected chi connectivity index (χ1v) is 8.73. The van der Waals surface area contributed by atoms with Crippen molar-refractivity contribution in [2.75, 3.05) is 0 Å². The van der Waals surface area contributed by atoms with E-state index in [4.69, 9.17) is 4.42 Å². The number of rotatable bonds is 3. The molecule has 3 aromatic rings. The van der Waals surface area contributed by atoms with E-state index in [0.29, 0.717) is 5.56 Å². The van der Waals surface area contributed by atoms with Gasteiger partial charge in [-0.1, -0.05) is 18.2 Å². The molecule has 1 aromatic heterocycles. The van der Waals surface area contributed by atoms with Crippen LogP contribution in [0.5, 0.6) is 0 Å². The van der Waals surface area contributed by atoms with E-state index in [2.05, 4.69) is 9.38 Å². The molecule has 0 bridgehead atoms. The largest absolute Gasteiger partial charge is 0.439 e. The number of aromatic nitrogens is 1. The number of non-ortho nitro benzene ring substituents is 1. The van der Waals surface area contributed by atoms with Crippen LogP contribution in [0.3, 0.4) is 0 Å². The summed E-state index contributed by atoms with van der Waals surface area (Å²) in [7, 11) is -3.89. The number of nitrogens with zero attached hydrogens (tertiary/aromatic N) is 4. The van der Waals surface area contributed by atoms with Crippen LogP contribution in [0.25, 0.3) is 11.1 Å². The first kappa shape index (κ1) is 15.9. The summed E-state index contributed by atoms with van der Waals surface area (Å²) in [6, 6.07) is 12.0. The highest BCUT2D eigenvalue weighted by atomic mass is 32.2. The maximum Gasteiger partial charge on any atom is 0.283 e. The van der Waals surface area contributed by atoms with Crippen LogP contribution < -0.4 is 0 Å². The fraction of sp³-hybridized carbons (Fsp3) is 0.0625. The molecular weight excluding hydrogens is 360 g/mol. The van der Waals surface area contributed by atoms with Gasteiger partial charge in [0.05, 0.1) is 21.6 Å². The van der Waals surface area contributed by atoms with E-state index in [1.807, 2.05) is 6.07 Å². The Kier molecular flexibility index (Phi) is 3.35. The van der Waals surface area contributed by atoms with Gasteiger partial charge in [-0.15, -0.1) is 0 Å². The summed E-state index contributed by atoms with van der Waals surface area (Å²) < 4.78 is 33.6. The van der Waals surface area contributed by atoms with Crippen LogP contribution in [0, 0.1) is 21.4 Å². The third-order valence-corrected chi connectivity index (χ3v) is 5.26. The minimum atomic E-state index is -3.89. The molecule has 10 heteroatoms. The van der Waals surface area contributed by atoms with Gasteiger partial charge < -0.3 is 4.42 Å². The van der Waals surface area contributed by atoms with Crippen molar-refractivity contribution in [2.45, 2.75) is 10.8 Å². The molecular formula is C16H8N4O5S. The Bertz CT molecular complexity index is 1250. The maximum atomic E-state index is 12.2. The summed E-state index contributed by atoms with van der Waals surface area (Å²) in [5.41, 5.74) is 0.609. The first-order chi connectivity index (χ1) is 12.4. The predicted molar refractivity (Wildman–Crippen MR) is 89.2 cm³/mol. The zero-order valence-corrected chi connectivity index (χ0v) is 13.7. The lowest BCUT2D eigenvalue weighted by Crippen LogP contribution is -2.11. The summed E-state index contributed by atoms with van der Waals surface area (Å²) >= 11 is 0. The molecule has 0 saturated heterocycles. The number of nitriles is 1. The van der Waals surface area contributed by atoms with E-state index in [-0.39, 0.29) is 33.3 Å². The number of oxazole rings is 1. The molecule has 0 unspecified atom stereocenters. The van der Waals surface area contributed by atoms with Crippen LogP contribution in [-0.2, 0) is 10.0 Å². The molecule has 26 heavy (non-hydrogen) atoms. The lowest BCUT2D eigenvalue weighted by Gasteiger charge is -2.05. The highest BCUT2D eigenvalue weighted by Gasteiger charge is 2.36. The molecule has 0 amide bonds. The monoisotopic (exact) mass is 368 g/mol. The van der Waals surface area contributed by atoms with E-state index in [0.717, 1.165) is 0 Å². The first-order valence-electron chi connectivity index (χ1n) is 7.29. The predicted octanol–water partition coefficient (Wildman–Crippen LogP) is 2.53. The lowest BCUT2D eigenvalue weighted by molar-refractivity contribution is -0.384. The second kappa shape index (κ2) is 5.47. The van der Waals surface area contributed by atoms with Gasteiger partial charge in [0.25, 0.3) is 15.7 Å². The zero-order valence-electron chi connectivity index (χ0n) is 12.9. The fourth-order valence-corrected chi connectivity index (χ4v) is 4.01.